The molecule has 0 saturated carbocycles. The molecular weight excluding hydrogens is 420 g/mol. The third-order valence-corrected chi connectivity index (χ3v) is 6.09. The van der Waals surface area contributed by atoms with Crippen molar-refractivity contribution in [1.82, 2.24) is 19.8 Å². The van der Waals surface area contributed by atoms with E-state index in [-0.39, 0.29) is 24.4 Å². The molecule has 1 aliphatic heterocycles. The lowest BCUT2D eigenvalue weighted by Crippen LogP contribution is -2.32. The van der Waals surface area contributed by atoms with E-state index in [1.165, 1.54) is 0 Å². The van der Waals surface area contributed by atoms with Gasteiger partial charge in [-0.05, 0) is 68.0 Å². The molecule has 1 fully saturated rings. The molecule has 1 aliphatic rings. The quantitative estimate of drug-likeness (QED) is 0.522. The predicted molar refractivity (Wildman–Crippen MR) is 121 cm³/mol. The van der Waals surface area contributed by atoms with Crippen LogP contribution in [0.5, 0.6) is 5.75 Å². The van der Waals surface area contributed by atoms with Gasteiger partial charge in [-0.2, -0.15) is 0 Å². The molecule has 0 radical (unpaired) electrons. The number of aromatic nitrogens is 2. The molecule has 0 unspecified atom stereocenters. The van der Waals surface area contributed by atoms with E-state index in [9.17, 15) is 10.2 Å². The second kappa shape index (κ2) is 8.26. The zero-order chi connectivity index (χ0) is 21.4. The van der Waals surface area contributed by atoms with Gasteiger partial charge in [0.1, 0.15) is 5.75 Å². The second-order valence-corrected chi connectivity index (χ2v) is 8.16. The number of aliphatic hydroxyl groups excluding tert-OH is 1. The average Bonchev–Trinajstić information content (AvgIpc) is 3.21. The van der Waals surface area contributed by atoms with Gasteiger partial charge in [0.25, 0.3) is 0 Å². The Kier molecular flexibility index (Phi) is 5.69. The minimum absolute atomic E-state index is 0.0128. The highest BCUT2D eigenvalue weighted by Crippen LogP contribution is 2.42. The fourth-order valence-corrected chi connectivity index (χ4v) is 4.72. The van der Waals surface area contributed by atoms with Gasteiger partial charge in [-0.3, -0.25) is 4.98 Å². The lowest BCUT2D eigenvalue weighted by Gasteiger charge is -2.27. The summed E-state index contributed by atoms with van der Waals surface area (Å²) in [6, 6.07) is 12.6. The number of rotatable bonds is 5. The fraction of sp³-hybridized carbons (Fsp3) is 0.273. The molecule has 0 spiro atoms. The molecule has 2 atom stereocenters. The fourth-order valence-electron chi connectivity index (χ4n) is 4.23. The van der Waals surface area contributed by atoms with Gasteiger partial charge in [0.05, 0.1) is 30.1 Å². The van der Waals surface area contributed by atoms with Crippen LogP contribution in [0.4, 0.5) is 0 Å². The van der Waals surface area contributed by atoms with Crippen molar-refractivity contribution in [3.05, 3.63) is 76.3 Å². The number of pyridine rings is 1. The zero-order valence-electron chi connectivity index (χ0n) is 16.7. The number of aryl methyl sites for hydroxylation is 1. The van der Waals surface area contributed by atoms with E-state index in [2.05, 4.69) is 16.4 Å². The second-order valence-electron chi connectivity index (χ2n) is 7.34. The smallest absolute Gasteiger partial charge is 0.170 e. The summed E-state index contributed by atoms with van der Waals surface area (Å²) in [4.78, 5) is 6.53. The lowest BCUT2D eigenvalue weighted by atomic mass is 9.97. The SMILES string of the molecule is Cc1cc([C@@H]2[C@H](c3ccccn3)NC(=S)N2CCO)c(C)n1-c1cc(Cl)ccc1O. The number of phenolic OH excluding ortho intramolecular Hbond substituents is 1. The van der Waals surface area contributed by atoms with Gasteiger partial charge in [-0.25, -0.2) is 0 Å². The standard InChI is InChI=1S/C22H23ClN4O2S/c1-13-11-16(14(2)27(13)18-12-15(23)6-7-19(18)29)21-20(17-5-3-4-8-24-17)25-22(30)26(21)9-10-28/h3-8,11-12,20-21,28-29H,9-10H2,1-2H3,(H,25,30)/t20-,21+/m0/s1. The Bertz CT molecular complexity index is 1090. The van der Waals surface area contributed by atoms with Gasteiger partial charge in [-0.1, -0.05) is 17.7 Å². The molecule has 30 heavy (non-hydrogen) atoms. The van der Waals surface area contributed by atoms with Crippen molar-refractivity contribution in [2.24, 2.45) is 0 Å². The van der Waals surface area contributed by atoms with Crippen LogP contribution in [0.15, 0.2) is 48.7 Å². The van der Waals surface area contributed by atoms with Gasteiger partial charge in [-0.15, -0.1) is 0 Å². The van der Waals surface area contributed by atoms with Crippen LogP contribution in [-0.2, 0) is 0 Å². The Labute approximate surface area is 185 Å². The number of aromatic hydroxyl groups is 1. The van der Waals surface area contributed by atoms with Gasteiger partial charge in [0, 0.05) is 29.2 Å². The number of hydrogen-bond donors (Lipinski definition) is 3. The van der Waals surface area contributed by atoms with E-state index in [0.717, 1.165) is 22.6 Å². The van der Waals surface area contributed by atoms with Crippen LogP contribution >= 0.6 is 23.8 Å². The molecule has 8 heteroatoms. The molecule has 2 aromatic heterocycles. The molecule has 1 aromatic carbocycles. The Morgan fingerprint density at radius 3 is 2.70 bits per heavy atom. The summed E-state index contributed by atoms with van der Waals surface area (Å²) in [5.74, 6) is 0.154. The van der Waals surface area contributed by atoms with Crippen LogP contribution in [0.1, 0.15) is 34.7 Å². The first-order valence-corrected chi connectivity index (χ1v) is 10.5. The van der Waals surface area contributed by atoms with Crippen LogP contribution in [0.2, 0.25) is 5.02 Å². The molecule has 3 N–H and O–H groups in total. The van der Waals surface area contributed by atoms with Crippen molar-refractivity contribution in [3.63, 3.8) is 0 Å². The van der Waals surface area contributed by atoms with E-state index in [1.54, 1.807) is 24.4 Å². The highest BCUT2D eigenvalue weighted by atomic mass is 35.5. The molecule has 0 bridgehead atoms. The first kappa shape index (κ1) is 20.7. The Balaban J connectivity index is 1.86. The first-order valence-electron chi connectivity index (χ1n) is 9.69. The minimum Gasteiger partial charge on any atom is -0.506 e. The largest absolute Gasteiger partial charge is 0.506 e. The highest BCUT2D eigenvalue weighted by Gasteiger charge is 2.41. The number of nitrogens with zero attached hydrogens (tertiary/aromatic N) is 3. The normalized spacial score (nSPS) is 18.7. The van der Waals surface area contributed by atoms with Crippen LogP contribution in [-0.4, -0.2) is 42.9 Å². The summed E-state index contributed by atoms with van der Waals surface area (Å²) in [5, 5.41) is 24.6. The van der Waals surface area contributed by atoms with Crippen LogP contribution in [0.3, 0.4) is 0 Å². The number of hydrogen-bond acceptors (Lipinski definition) is 4. The average molecular weight is 443 g/mol. The van der Waals surface area contributed by atoms with E-state index in [4.69, 9.17) is 23.8 Å². The third kappa shape index (κ3) is 3.53. The number of β-amino-alcohol motifs (C(OH)–C–C–N with tert-alkyl or cyclic N) is 1. The summed E-state index contributed by atoms with van der Waals surface area (Å²) >= 11 is 11.8. The predicted octanol–water partition coefficient (Wildman–Crippen LogP) is 3.81. The number of aliphatic hydroxyl groups is 1. The van der Waals surface area contributed by atoms with Gasteiger partial charge >= 0.3 is 0 Å². The van der Waals surface area contributed by atoms with Crippen molar-refractivity contribution in [3.8, 4) is 11.4 Å². The number of phenols is 1. The Morgan fingerprint density at radius 1 is 1.20 bits per heavy atom. The number of nitrogens with one attached hydrogen (secondary N) is 1. The van der Waals surface area contributed by atoms with Crippen molar-refractivity contribution >= 4 is 28.9 Å². The van der Waals surface area contributed by atoms with Crippen molar-refractivity contribution in [2.75, 3.05) is 13.2 Å². The summed E-state index contributed by atoms with van der Waals surface area (Å²) in [6.45, 7) is 4.40. The number of benzene rings is 1. The van der Waals surface area contributed by atoms with Crippen LogP contribution in [0, 0.1) is 13.8 Å². The van der Waals surface area contributed by atoms with E-state index >= 15 is 0 Å². The van der Waals surface area contributed by atoms with E-state index < -0.39 is 0 Å². The molecule has 4 rings (SSSR count). The maximum absolute atomic E-state index is 10.5. The number of thiocarbonyl (C=S) groups is 1. The highest BCUT2D eigenvalue weighted by molar-refractivity contribution is 7.80. The Hall–Kier alpha value is -2.61. The maximum atomic E-state index is 10.5. The molecule has 1 saturated heterocycles. The summed E-state index contributed by atoms with van der Waals surface area (Å²) in [6.07, 6.45) is 1.76. The minimum atomic E-state index is -0.160. The monoisotopic (exact) mass is 442 g/mol. The van der Waals surface area contributed by atoms with Crippen molar-refractivity contribution < 1.29 is 10.2 Å². The van der Waals surface area contributed by atoms with Crippen LogP contribution < -0.4 is 5.32 Å². The third-order valence-electron chi connectivity index (χ3n) is 5.51. The van der Waals surface area contributed by atoms with Gasteiger partial charge < -0.3 is 25.0 Å². The topological polar surface area (TPSA) is 73.5 Å². The van der Waals surface area contributed by atoms with Crippen molar-refractivity contribution in [2.45, 2.75) is 25.9 Å². The Morgan fingerprint density at radius 2 is 2.00 bits per heavy atom. The summed E-state index contributed by atoms with van der Waals surface area (Å²) in [7, 11) is 0. The molecule has 3 heterocycles. The van der Waals surface area contributed by atoms with E-state index in [1.807, 2.05) is 41.5 Å². The van der Waals surface area contributed by atoms with Crippen LogP contribution in [0.25, 0.3) is 5.69 Å². The molecule has 3 aromatic rings. The molecule has 156 valence electrons. The lowest BCUT2D eigenvalue weighted by molar-refractivity contribution is 0.223. The molecule has 0 aliphatic carbocycles. The maximum Gasteiger partial charge on any atom is 0.170 e. The number of halogens is 1. The van der Waals surface area contributed by atoms with E-state index in [0.29, 0.717) is 22.4 Å². The molecule has 6 nitrogen and oxygen atoms in total. The zero-order valence-corrected chi connectivity index (χ0v) is 18.3. The molecule has 0 amide bonds. The first-order chi connectivity index (χ1) is 14.4. The van der Waals surface area contributed by atoms with Gasteiger partial charge in [0.2, 0.25) is 0 Å². The molecular formula is C22H23ClN4O2S. The van der Waals surface area contributed by atoms with Crippen molar-refractivity contribution in [1.29, 1.82) is 0 Å². The summed E-state index contributed by atoms with van der Waals surface area (Å²) in [5.41, 5.74) is 4.47. The van der Waals surface area contributed by atoms with Gasteiger partial charge in [0.15, 0.2) is 5.11 Å². The summed E-state index contributed by atoms with van der Waals surface area (Å²) < 4.78 is 1.99.